The summed E-state index contributed by atoms with van der Waals surface area (Å²) in [6.45, 7) is 26.7. The topological polar surface area (TPSA) is 122 Å². The molecule has 4 heterocycles. The fourth-order valence-electron chi connectivity index (χ4n) is 9.89. The molecule has 1 unspecified atom stereocenters. The Kier molecular flexibility index (Phi) is 26.6. The van der Waals surface area contributed by atoms with Crippen LogP contribution in [0, 0.1) is 13.8 Å². The van der Waals surface area contributed by atoms with Crippen LogP contribution in [-0.4, -0.2) is 73.1 Å². The zero-order chi connectivity index (χ0) is 60.1. The quantitative estimate of drug-likeness (QED) is 0.0420. The third-order valence-corrected chi connectivity index (χ3v) is 39.4. The number of hydrogen-bond acceptors (Lipinski definition) is 14. The zero-order valence-corrected chi connectivity index (χ0v) is 61.6. The first kappa shape index (κ1) is 69.0. The van der Waals surface area contributed by atoms with E-state index in [2.05, 4.69) is 101 Å². The van der Waals surface area contributed by atoms with Gasteiger partial charge in [0.05, 0.1) is 44.8 Å². The molecule has 3 atom stereocenters. The van der Waals surface area contributed by atoms with Gasteiger partial charge in [-0.25, -0.2) is 24.5 Å². The summed E-state index contributed by atoms with van der Waals surface area (Å²) in [6.07, 6.45) is 6.72. The molecule has 4 aromatic carbocycles. The molecule has 20 heteroatoms. The van der Waals surface area contributed by atoms with E-state index < -0.39 is 53.7 Å². The zero-order valence-electron chi connectivity index (χ0n) is 49.3. The van der Waals surface area contributed by atoms with Crippen molar-refractivity contribution in [2.24, 2.45) is 0 Å². The monoisotopic (exact) mass is 1530 g/mol. The molecule has 0 saturated heterocycles. The summed E-state index contributed by atoms with van der Waals surface area (Å²) in [7, 11) is 0. The number of carbonyl (C=O) groups is 2. The summed E-state index contributed by atoms with van der Waals surface area (Å²) < 4.78 is 33.6. The van der Waals surface area contributed by atoms with Gasteiger partial charge >= 0.3 is 149 Å². The van der Waals surface area contributed by atoms with Crippen LogP contribution >= 0.6 is 117 Å². The van der Waals surface area contributed by atoms with Crippen molar-refractivity contribution in [3.8, 4) is 32.3 Å². The van der Waals surface area contributed by atoms with Gasteiger partial charge in [-0.2, -0.15) is 0 Å². The molecule has 444 valence electrons. The number of ether oxygens (including phenoxy) is 4. The van der Waals surface area contributed by atoms with E-state index in [0.717, 1.165) is 86.9 Å². The summed E-state index contributed by atoms with van der Waals surface area (Å²) in [5, 5.41) is 10.9. The van der Waals surface area contributed by atoms with Gasteiger partial charge in [-0.3, -0.25) is 0 Å². The molecule has 0 bridgehead atoms. The third kappa shape index (κ3) is 18.7. The number of carbonyl (C=O) groups excluding carboxylic acids is 2. The average Bonchev–Trinajstić information content (AvgIpc) is 2.29. The van der Waals surface area contributed by atoms with Crippen molar-refractivity contribution < 1.29 is 28.5 Å². The van der Waals surface area contributed by atoms with Gasteiger partial charge in [0, 0.05) is 37.7 Å². The van der Waals surface area contributed by atoms with Crippen molar-refractivity contribution >= 4 is 168 Å². The molecular weight excluding hydrogens is 1450 g/mol. The number of nitrogens with zero attached hydrogens (tertiary/aromatic N) is 3. The predicted octanol–water partition coefficient (Wildman–Crippen LogP) is 21.6. The Bertz CT molecular complexity index is 3270. The number of benzene rings is 4. The van der Waals surface area contributed by atoms with Gasteiger partial charge in [0.25, 0.3) is 0 Å². The molecule has 0 spiro atoms. The minimum absolute atomic E-state index is 0.268. The fraction of sp³-hybridized carbons (Fsp3) is 0.468. The Labute approximate surface area is 541 Å². The molecular formula is C62H77Br3Cl2N4O6S4Sn. The van der Waals surface area contributed by atoms with Crippen LogP contribution < -0.4 is 5.32 Å². The van der Waals surface area contributed by atoms with E-state index in [1.165, 1.54) is 65.8 Å². The van der Waals surface area contributed by atoms with E-state index in [1.54, 1.807) is 38.5 Å². The molecule has 1 aliphatic heterocycles. The van der Waals surface area contributed by atoms with Crippen LogP contribution in [0.1, 0.15) is 149 Å². The number of thiazole rings is 3. The van der Waals surface area contributed by atoms with E-state index in [1.807, 2.05) is 121 Å². The Morgan fingerprint density at radius 1 is 0.646 bits per heavy atom. The summed E-state index contributed by atoms with van der Waals surface area (Å²) in [5.41, 5.74) is 7.68. The third-order valence-electron chi connectivity index (χ3n) is 13.4. The number of nitrogens with one attached hydrogen (secondary N) is 1. The Morgan fingerprint density at radius 3 is 1.46 bits per heavy atom. The minimum atomic E-state index is -2.06. The predicted molar refractivity (Wildman–Crippen MR) is 363 cm³/mol. The molecule has 0 radical (unpaired) electrons. The number of aryl methyl sites for hydroxylation is 2. The maximum Gasteiger partial charge on any atom is 0.339 e. The summed E-state index contributed by atoms with van der Waals surface area (Å²) in [5.74, 6) is -0.813. The van der Waals surface area contributed by atoms with Gasteiger partial charge in [-0.05, 0) is 160 Å². The average molecular weight is 1530 g/mol. The van der Waals surface area contributed by atoms with Crippen LogP contribution in [0.5, 0.6) is 0 Å². The second-order valence-electron chi connectivity index (χ2n) is 22.2. The number of fused-ring (bicyclic) bond motifs is 2. The van der Waals surface area contributed by atoms with E-state index in [0.29, 0.717) is 10.0 Å². The van der Waals surface area contributed by atoms with Crippen LogP contribution in [0.4, 0.5) is 0 Å². The summed E-state index contributed by atoms with van der Waals surface area (Å²) in [6, 6.07) is 19.2. The maximum absolute atomic E-state index is 13.2. The number of esters is 2. The Morgan fingerprint density at radius 2 is 1.09 bits per heavy atom. The van der Waals surface area contributed by atoms with Gasteiger partial charge in [-0.1, -0.05) is 47.5 Å². The number of unbranched alkanes of at least 4 members (excludes halogenated alkanes) is 3. The van der Waals surface area contributed by atoms with Gasteiger partial charge in [0.15, 0.2) is 26.1 Å². The van der Waals surface area contributed by atoms with Gasteiger partial charge in [0.2, 0.25) is 0 Å². The summed E-state index contributed by atoms with van der Waals surface area (Å²) in [4.78, 5) is 40.1. The van der Waals surface area contributed by atoms with Crippen molar-refractivity contribution in [1.82, 2.24) is 20.3 Å². The van der Waals surface area contributed by atoms with Crippen LogP contribution in [0.15, 0.2) is 84.6 Å². The van der Waals surface area contributed by atoms with Gasteiger partial charge in [-0.15, -0.1) is 34.0 Å². The van der Waals surface area contributed by atoms with Crippen LogP contribution in [0.3, 0.4) is 0 Å². The molecule has 1 N–H and O–H groups in total. The first-order valence-electron chi connectivity index (χ1n) is 28.0. The minimum Gasteiger partial charge on any atom is -0.464 e. The Hall–Kier alpha value is -2.14. The molecule has 3 aromatic heterocycles. The molecule has 82 heavy (non-hydrogen) atoms. The van der Waals surface area contributed by atoms with Crippen molar-refractivity contribution in [3.63, 3.8) is 0 Å². The molecule has 0 aliphatic carbocycles. The van der Waals surface area contributed by atoms with E-state index in [9.17, 15) is 9.59 Å². The van der Waals surface area contributed by atoms with Crippen LogP contribution in [-0.2, 0) is 28.5 Å². The molecule has 8 rings (SSSR count). The number of halogens is 5. The first-order chi connectivity index (χ1) is 38.9. The Balaban J connectivity index is 0.000000206. The second kappa shape index (κ2) is 31.7. The van der Waals surface area contributed by atoms with Gasteiger partial charge < -0.3 is 18.9 Å². The molecule has 1 aliphatic rings. The second-order valence-corrected chi connectivity index (χ2v) is 44.7. The molecule has 0 saturated carbocycles. The van der Waals surface area contributed by atoms with Crippen molar-refractivity contribution in [2.75, 3.05) is 13.2 Å². The number of thioether (sulfide) groups is 1. The van der Waals surface area contributed by atoms with Crippen molar-refractivity contribution in [3.05, 3.63) is 117 Å². The first-order valence-corrected chi connectivity index (χ1v) is 42.3. The largest absolute Gasteiger partial charge is 0.464 e. The van der Waals surface area contributed by atoms with Crippen molar-refractivity contribution in [2.45, 2.75) is 169 Å². The fourth-order valence-corrected chi connectivity index (χ4v) is 36.4. The normalized spacial score (nSPS) is 14.4. The standard InChI is InChI=1S/C25H24BrClN2O3S2.C22H23BrClNO3S.3C4H9.C3H3BrNS.Sn/c1-6-31-24(30)20(32-25(3,4)5)18-13(2)11-16-21(19(18)14-7-9-15(27)10-8-14)34-23(28-16)22-29-17(26)12-33-22;1-6-27-20(26)18(28-22(3,4)5)16-12(2)11-15-19(29-21(23)25-15)17(16)13-7-9-14(24)10-8-13;3*1-3-4-2;4-3-1-6-2-5-3;/h7-12,20H,6H2,1-5H3;7-11,18H,6H2,1-5H3;3*1,3-4H2,2H3;1-2,5H;/t20-;18-;;;;;/m00...../s1. The van der Waals surface area contributed by atoms with E-state index in [4.69, 9.17) is 47.1 Å². The van der Waals surface area contributed by atoms with Gasteiger partial charge in [0.1, 0.15) is 4.60 Å². The SMILES string of the molecule is CCC[CH2][Sn]([CH2]CCC)([CH2]CCC)[CH]1NC(Br)=CS1.CCOC(=O)[C@@H](OC(C)(C)C)c1c(C)cc2nc(-c3nc(Br)cs3)sc2c1-c1ccc(Cl)cc1.CCOC(=O)[C@@H](OC(C)(C)C)c1c(C)cc2nc(Br)sc2c1-c1ccc(Cl)cc1. The van der Waals surface area contributed by atoms with Crippen molar-refractivity contribution in [1.29, 1.82) is 0 Å². The number of aromatic nitrogens is 3. The molecule has 7 aromatic rings. The number of hydrogen-bond donors (Lipinski definition) is 1. The van der Waals surface area contributed by atoms with Crippen LogP contribution in [0.25, 0.3) is 52.7 Å². The van der Waals surface area contributed by atoms with Crippen LogP contribution in [0.2, 0.25) is 23.4 Å². The maximum atomic E-state index is 13.2. The van der Waals surface area contributed by atoms with E-state index in [-0.39, 0.29) is 13.2 Å². The molecule has 10 nitrogen and oxygen atoms in total. The number of rotatable bonds is 21. The smallest absolute Gasteiger partial charge is 0.339 e. The van der Waals surface area contributed by atoms with E-state index >= 15 is 0 Å². The molecule has 0 fully saturated rings. The molecule has 0 amide bonds. The summed E-state index contributed by atoms with van der Waals surface area (Å²) >= 11 is 27.5.